The lowest BCUT2D eigenvalue weighted by atomic mass is 10.0. The number of nitrogen functional groups attached to an aromatic ring is 1. The van der Waals surface area contributed by atoms with Crippen molar-refractivity contribution in [3.8, 4) is 17.2 Å². The summed E-state index contributed by atoms with van der Waals surface area (Å²) in [6.07, 6.45) is 0. The van der Waals surface area contributed by atoms with E-state index in [-0.39, 0.29) is 22.4 Å². The zero-order chi connectivity index (χ0) is 13.3. The van der Waals surface area contributed by atoms with Gasteiger partial charge in [0.1, 0.15) is 17.5 Å². The van der Waals surface area contributed by atoms with Crippen molar-refractivity contribution < 1.29 is 13.2 Å². The fourth-order valence-corrected chi connectivity index (χ4v) is 1.59. The largest absolute Gasteiger partial charge is 0.396 e. The van der Waals surface area contributed by atoms with Crippen molar-refractivity contribution in [2.45, 2.75) is 0 Å². The van der Waals surface area contributed by atoms with Gasteiger partial charge >= 0.3 is 0 Å². The molecule has 0 aliphatic rings. The lowest BCUT2D eigenvalue weighted by Crippen LogP contribution is -1.95. The molecule has 90 valence electrons. The maximum absolute atomic E-state index is 13.6. The summed E-state index contributed by atoms with van der Waals surface area (Å²) >= 11 is 0. The summed E-state index contributed by atoms with van der Waals surface area (Å²) in [5.74, 6) is -2.27. The molecular weight excluding hydrogens is 241 g/mol. The lowest BCUT2D eigenvalue weighted by Gasteiger charge is -2.06. The molecule has 2 aromatic carbocycles. The van der Waals surface area contributed by atoms with Crippen molar-refractivity contribution >= 4 is 5.69 Å². The first-order valence-corrected chi connectivity index (χ1v) is 4.97. The van der Waals surface area contributed by atoms with Crippen molar-refractivity contribution in [2.75, 3.05) is 5.73 Å². The molecule has 0 radical (unpaired) electrons. The number of nitriles is 1. The summed E-state index contributed by atoms with van der Waals surface area (Å²) in [6, 6.07) is 6.75. The Morgan fingerprint density at radius 2 is 1.67 bits per heavy atom. The van der Waals surface area contributed by atoms with E-state index in [0.29, 0.717) is 0 Å². The number of anilines is 1. The summed E-state index contributed by atoms with van der Waals surface area (Å²) in [7, 11) is 0. The topological polar surface area (TPSA) is 49.8 Å². The SMILES string of the molecule is N#Cc1cc(F)cc(-c2cc(F)c(N)cc2F)c1. The van der Waals surface area contributed by atoms with Crippen LogP contribution in [-0.4, -0.2) is 0 Å². The van der Waals surface area contributed by atoms with Crippen molar-refractivity contribution in [3.63, 3.8) is 0 Å². The van der Waals surface area contributed by atoms with Gasteiger partial charge in [-0.3, -0.25) is 0 Å². The predicted octanol–water partition coefficient (Wildman–Crippen LogP) is 3.22. The van der Waals surface area contributed by atoms with Crippen molar-refractivity contribution in [3.05, 3.63) is 53.3 Å². The smallest absolute Gasteiger partial charge is 0.146 e. The Morgan fingerprint density at radius 1 is 0.944 bits per heavy atom. The third-order valence-corrected chi connectivity index (χ3v) is 2.42. The number of rotatable bonds is 1. The van der Waals surface area contributed by atoms with Gasteiger partial charge in [0.15, 0.2) is 0 Å². The normalized spacial score (nSPS) is 10.1. The van der Waals surface area contributed by atoms with Gasteiger partial charge in [0.05, 0.1) is 17.3 Å². The molecule has 0 aliphatic carbocycles. The lowest BCUT2D eigenvalue weighted by molar-refractivity contribution is 0.606. The van der Waals surface area contributed by atoms with Gasteiger partial charge in [-0.1, -0.05) is 0 Å². The Bertz CT molecular complexity index is 660. The van der Waals surface area contributed by atoms with E-state index >= 15 is 0 Å². The van der Waals surface area contributed by atoms with Crippen molar-refractivity contribution in [1.29, 1.82) is 5.26 Å². The standard InChI is InChI=1S/C13H7F3N2/c14-9-2-7(6-17)1-8(3-9)10-4-12(16)13(18)5-11(10)15/h1-5H,18H2. The maximum Gasteiger partial charge on any atom is 0.146 e. The molecule has 0 aromatic heterocycles. The van der Waals surface area contributed by atoms with Crippen LogP contribution in [0.5, 0.6) is 0 Å². The quantitative estimate of drug-likeness (QED) is 0.787. The van der Waals surface area contributed by atoms with Crippen LogP contribution in [0.1, 0.15) is 5.56 Å². The van der Waals surface area contributed by atoms with Gasteiger partial charge in [-0.25, -0.2) is 13.2 Å². The second-order valence-corrected chi connectivity index (χ2v) is 3.69. The predicted molar refractivity (Wildman–Crippen MR) is 60.9 cm³/mol. The second kappa shape index (κ2) is 4.41. The molecule has 0 bridgehead atoms. The van der Waals surface area contributed by atoms with E-state index in [1.807, 2.05) is 0 Å². The first-order chi connectivity index (χ1) is 8.51. The monoisotopic (exact) mass is 248 g/mol. The van der Waals surface area contributed by atoms with Crippen LogP contribution in [0.4, 0.5) is 18.9 Å². The number of nitrogens with zero attached hydrogens (tertiary/aromatic N) is 1. The molecule has 0 saturated carbocycles. The third-order valence-electron chi connectivity index (χ3n) is 2.42. The first kappa shape index (κ1) is 12.0. The third kappa shape index (κ3) is 2.13. The molecule has 0 amide bonds. The number of hydrogen-bond donors (Lipinski definition) is 1. The zero-order valence-corrected chi connectivity index (χ0v) is 9.05. The van der Waals surface area contributed by atoms with Crippen LogP contribution < -0.4 is 5.73 Å². The number of benzene rings is 2. The van der Waals surface area contributed by atoms with Gasteiger partial charge in [0, 0.05) is 11.6 Å². The van der Waals surface area contributed by atoms with Gasteiger partial charge in [0.25, 0.3) is 0 Å². The van der Waals surface area contributed by atoms with Crippen LogP contribution in [-0.2, 0) is 0 Å². The van der Waals surface area contributed by atoms with Gasteiger partial charge in [-0.2, -0.15) is 5.26 Å². The Labute approximate surface area is 101 Å². The van der Waals surface area contributed by atoms with E-state index < -0.39 is 17.5 Å². The van der Waals surface area contributed by atoms with Crippen LogP contribution >= 0.6 is 0 Å². The van der Waals surface area contributed by atoms with Crippen LogP contribution in [0.3, 0.4) is 0 Å². The van der Waals surface area contributed by atoms with Crippen LogP contribution in [0.25, 0.3) is 11.1 Å². The molecule has 2 N–H and O–H groups in total. The molecule has 2 rings (SSSR count). The van der Waals surface area contributed by atoms with E-state index in [9.17, 15) is 13.2 Å². The van der Waals surface area contributed by atoms with Gasteiger partial charge in [-0.05, 0) is 29.8 Å². The van der Waals surface area contributed by atoms with Crippen molar-refractivity contribution in [2.24, 2.45) is 0 Å². The molecule has 5 heteroatoms. The van der Waals surface area contributed by atoms with Crippen LogP contribution in [0.15, 0.2) is 30.3 Å². The highest BCUT2D eigenvalue weighted by molar-refractivity contribution is 5.68. The molecule has 2 aromatic rings. The van der Waals surface area contributed by atoms with E-state index in [0.717, 1.165) is 24.3 Å². The van der Waals surface area contributed by atoms with E-state index in [1.165, 1.54) is 6.07 Å². The number of halogens is 3. The fourth-order valence-electron chi connectivity index (χ4n) is 1.59. The minimum Gasteiger partial charge on any atom is -0.396 e. The summed E-state index contributed by atoms with van der Waals surface area (Å²) in [5, 5.41) is 8.70. The molecule has 2 nitrogen and oxygen atoms in total. The highest BCUT2D eigenvalue weighted by Crippen LogP contribution is 2.28. The van der Waals surface area contributed by atoms with Gasteiger partial charge < -0.3 is 5.73 Å². The Kier molecular flexibility index (Phi) is 2.94. The molecule has 18 heavy (non-hydrogen) atoms. The van der Waals surface area contributed by atoms with Gasteiger partial charge in [-0.15, -0.1) is 0 Å². The Hall–Kier alpha value is -2.48. The van der Waals surface area contributed by atoms with Crippen molar-refractivity contribution in [1.82, 2.24) is 0 Å². The average Bonchev–Trinajstić information content (AvgIpc) is 2.33. The minimum absolute atomic E-state index is 0.0293. The maximum atomic E-state index is 13.6. The summed E-state index contributed by atoms with van der Waals surface area (Å²) in [5.41, 5.74) is 4.86. The highest BCUT2D eigenvalue weighted by Gasteiger charge is 2.11. The molecule has 0 atom stereocenters. The van der Waals surface area contributed by atoms with E-state index in [4.69, 9.17) is 11.0 Å². The minimum atomic E-state index is -0.797. The van der Waals surface area contributed by atoms with Gasteiger partial charge in [0.2, 0.25) is 0 Å². The van der Waals surface area contributed by atoms with Crippen LogP contribution in [0.2, 0.25) is 0 Å². The zero-order valence-electron chi connectivity index (χ0n) is 9.05. The molecular formula is C13H7F3N2. The van der Waals surface area contributed by atoms with Crippen LogP contribution in [0, 0.1) is 28.8 Å². The Balaban J connectivity index is 2.66. The molecule has 0 fully saturated rings. The summed E-state index contributed by atoms with van der Waals surface area (Å²) in [4.78, 5) is 0. The highest BCUT2D eigenvalue weighted by atomic mass is 19.1. The average molecular weight is 248 g/mol. The molecule has 0 aliphatic heterocycles. The molecule has 0 heterocycles. The van der Waals surface area contributed by atoms with E-state index in [1.54, 1.807) is 6.07 Å². The first-order valence-electron chi connectivity index (χ1n) is 4.97. The van der Waals surface area contributed by atoms with E-state index in [2.05, 4.69) is 0 Å². The molecule has 0 unspecified atom stereocenters. The summed E-state index contributed by atoms with van der Waals surface area (Å²) in [6.45, 7) is 0. The Morgan fingerprint density at radius 3 is 2.33 bits per heavy atom. The molecule has 0 spiro atoms. The molecule has 0 saturated heterocycles. The summed E-state index contributed by atoms with van der Waals surface area (Å²) < 4.78 is 40.1. The number of hydrogen-bond acceptors (Lipinski definition) is 2. The second-order valence-electron chi connectivity index (χ2n) is 3.69. The fraction of sp³-hybridized carbons (Fsp3) is 0. The number of nitrogens with two attached hydrogens (primary N) is 1.